The molecule has 0 aliphatic carbocycles. The van der Waals surface area contributed by atoms with Crippen LogP contribution < -0.4 is 10.1 Å². The summed E-state index contributed by atoms with van der Waals surface area (Å²) in [6.07, 6.45) is 3.82. The number of amides is 1. The van der Waals surface area contributed by atoms with E-state index in [-0.39, 0.29) is 17.8 Å². The number of benzene rings is 1. The first-order valence-electron chi connectivity index (χ1n) is 10.4. The minimum Gasteiger partial charge on any atom is -0.492 e. The predicted octanol–water partition coefficient (Wildman–Crippen LogP) is 4.16. The number of ether oxygens (including phenoxy) is 2. The van der Waals surface area contributed by atoms with Gasteiger partial charge in [-0.1, -0.05) is 23.9 Å². The first kappa shape index (κ1) is 21.5. The number of rotatable bonds is 9. The third-order valence-electron chi connectivity index (χ3n) is 5.02. The van der Waals surface area contributed by atoms with Crippen LogP contribution in [0, 0.1) is 6.92 Å². The molecule has 0 spiro atoms. The standard InChI is InChI=1S/C22H26N4O4S/c1-3-28-19-9-5-4-8-18(19)23-20(27)14-31-22-25-24-21(17-10-12-29-15(17)2)26(22)13-16-7-6-11-30-16/h4-5,8-10,12,16H,3,6-7,11,13-14H2,1-2H3,(H,23,27). The van der Waals surface area contributed by atoms with Gasteiger partial charge in [0, 0.05) is 6.61 Å². The van der Waals surface area contributed by atoms with Gasteiger partial charge in [0.05, 0.1) is 42.5 Å². The maximum absolute atomic E-state index is 12.6. The Hall–Kier alpha value is -2.78. The van der Waals surface area contributed by atoms with Gasteiger partial charge >= 0.3 is 0 Å². The summed E-state index contributed by atoms with van der Waals surface area (Å²) in [4.78, 5) is 12.6. The number of hydrogen-bond acceptors (Lipinski definition) is 7. The molecular formula is C22H26N4O4S. The van der Waals surface area contributed by atoms with Crippen molar-refractivity contribution in [3.05, 3.63) is 42.4 Å². The molecule has 31 heavy (non-hydrogen) atoms. The number of para-hydroxylation sites is 2. The summed E-state index contributed by atoms with van der Waals surface area (Å²) in [6.45, 7) is 5.76. The molecule has 1 saturated heterocycles. The molecule has 0 saturated carbocycles. The number of carbonyl (C=O) groups is 1. The molecule has 164 valence electrons. The van der Waals surface area contributed by atoms with Gasteiger partial charge in [0.1, 0.15) is 11.5 Å². The predicted molar refractivity (Wildman–Crippen MR) is 118 cm³/mol. The smallest absolute Gasteiger partial charge is 0.234 e. The van der Waals surface area contributed by atoms with E-state index in [1.54, 1.807) is 6.26 Å². The number of hydrogen-bond donors (Lipinski definition) is 1. The third kappa shape index (κ3) is 5.11. The van der Waals surface area contributed by atoms with E-state index in [0.717, 1.165) is 36.6 Å². The first-order valence-corrected chi connectivity index (χ1v) is 11.4. The van der Waals surface area contributed by atoms with Gasteiger partial charge in [-0.05, 0) is 44.9 Å². The second kappa shape index (κ2) is 10.0. The van der Waals surface area contributed by atoms with E-state index in [9.17, 15) is 4.79 Å². The monoisotopic (exact) mass is 442 g/mol. The number of aromatic nitrogens is 3. The van der Waals surface area contributed by atoms with E-state index in [1.165, 1.54) is 11.8 Å². The van der Waals surface area contributed by atoms with Crippen molar-refractivity contribution >= 4 is 23.4 Å². The average Bonchev–Trinajstić information content (AvgIpc) is 3.51. The number of nitrogens with zero attached hydrogens (tertiary/aromatic N) is 3. The second-order valence-electron chi connectivity index (χ2n) is 7.21. The highest BCUT2D eigenvalue weighted by atomic mass is 32.2. The summed E-state index contributed by atoms with van der Waals surface area (Å²) in [6, 6.07) is 9.29. The van der Waals surface area contributed by atoms with Crippen LogP contribution in [0.1, 0.15) is 25.5 Å². The van der Waals surface area contributed by atoms with Crippen LogP contribution in [0.25, 0.3) is 11.4 Å². The number of carbonyl (C=O) groups excluding carboxylic acids is 1. The fourth-order valence-electron chi connectivity index (χ4n) is 3.54. The fraction of sp³-hybridized carbons (Fsp3) is 0.409. The van der Waals surface area contributed by atoms with Crippen molar-refractivity contribution in [1.82, 2.24) is 14.8 Å². The van der Waals surface area contributed by atoms with Gasteiger partial charge in [-0.25, -0.2) is 0 Å². The van der Waals surface area contributed by atoms with Gasteiger partial charge in [0.2, 0.25) is 5.91 Å². The Morgan fingerprint density at radius 3 is 2.94 bits per heavy atom. The van der Waals surface area contributed by atoms with Gasteiger partial charge < -0.3 is 19.2 Å². The van der Waals surface area contributed by atoms with Crippen LogP contribution in [0.3, 0.4) is 0 Å². The van der Waals surface area contributed by atoms with E-state index in [2.05, 4.69) is 15.5 Å². The lowest BCUT2D eigenvalue weighted by Gasteiger charge is -2.14. The van der Waals surface area contributed by atoms with Crippen LogP contribution in [0.2, 0.25) is 0 Å². The van der Waals surface area contributed by atoms with Gasteiger partial charge in [-0.2, -0.15) is 0 Å². The number of nitrogens with one attached hydrogen (secondary N) is 1. The molecule has 1 atom stereocenters. The van der Waals surface area contributed by atoms with Gasteiger partial charge in [-0.3, -0.25) is 9.36 Å². The molecule has 1 amide bonds. The van der Waals surface area contributed by atoms with E-state index in [4.69, 9.17) is 13.9 Å². The van der Waals surface area contributed by atoms with E-state index >= 15 is 0 Å². The molecule has 1 aliphatic rings. The number of furan rings is 1. The van der Waals surface area contributed by atoms with Crippen molar-refractivity contribution in [3.63, 3.8) is 0 Å². The SMILES string of the molecule is CCOc1ccccc1NC(=O)CSc1nnc(-c2ccoc2C)n1CC1CCCO1. The van der Waals surface area contributed by atoms with Crippen LogP contribution in [-0.2, 0) is 16.1 Å². The normalized spacial score (nSPS) is 15.9. The minimum absolute atomic E-state index is 0.119. The number of thioether (sulfide) groups is 1. The van der Waals surface area contributed by atoms with Crippen molar-refractivity contribution in [2.45, 2.75) is 44.5 Å². The first-order chi connectivity index (χ1) is 15.2. The summed E-state index contributed by atoms with van der Waals surface area (Å²) in [7, 11) is 0. The topological polar surface area (TPSA) is 91.4 Å². The van der Waals surface area contributed by atoms with E-state index in [1.807, 2.05) is 48.7 Å². The van der Waals surface area contributed by atoms with Gasteiger partial charge in [-0.15, -0.1) is 10.2 Å². The van der Waals surface area contributed by atoms with Crippen LogP contribution in [-0.4, -0.2) is 45.7 Å². The number of aryl methyl sites for hydroxylation is 1. The summed E-state index contributed by atoms with van der Waals surface area (Å²) in [5.41, 5.74) is 1.55. The Balaban J connectivity index is 1.48. The molecule has 1 unspecified atom stereocenters. The molecule has 8 nitrogen and oxygen atoms in total. The van der Waals surface area contributed by atoms with Crippen molar-refractivity contribution < 1.29 is 18.7 Å². The molecule has 3 aromatic rings. The molecule has 0 radical (unpaired) electrons. The Morgan fingerprint density at radius 1 is 1.32 bits per heavy atom. The molecule has 9 heteroatoms. The molecule has 1 fully saturated rings. The van der Waals surface area contributed by atoms with Crippen molar-refractivity contribution in [3.8, 4) is 17.1 Å². The molecule has 2 aromatic heterocycles. The highest BCUT2D eigenvalue weighted by Gasteiger charge is 2.23. The maximum atomic E-state index is 12.6. The second-order valence-corrected chi connectivity index (χ2v) is 8.15. The van der Waals surface area contributed by atoms with Gasteiger partial charge in [0.15, 0.2) is 11.0 Å². The summed E-state index contributed by atoms with van der Waals surface area (Å²) >= 11 is 1.35. The van der Waals surface area contributed by atoms with Crippen molar-refractivity contribution in [2.24, 2.45) is 0 Å². The highest BCUT2D eigenvalue weighted by molar-refractivity contribution is 7.99. The molecule has 1 N–H and O–H groups in total. The quantitative estimate of drug-likeness (QED) is 0.498. The Morgan fingerprint density at radius 2 is 2.19 bits per heavy atom. The molecule has 0 bridgehead atoms. The summed E-state index contributed by atoms with van der Waals surface area (Å²) in [5, 5.41) is 12.3. The number of anilines is 1. The van der Waals surface area contributed by atoms with E-state index in [0.29, 0.717) is 29.7 Å². The largest absolute Gasteiger partial charge is 0.492 e. The van der Waals surface area contributed by atoms with Crippen LogP contribution in [0.15, 0.2) is 46.2 Å². The van der Waals surface area contributed by atoms with Crippen molar-refractivity contribution in [2.75, 3.05) is 24.3 Å². The zero-order chi connectivity index (χ0) is 21.6. The Kier molecular flexibility index (Phi) is 6.93. The zero-order valence-corrected chi connectivity index (χ0v) is 18.5. The molecule has 4 rings (SSSR count). The zero-order valence-electron chi connectivity index (χ0n) is 17.7. The lowest BCUT2D eigenvalue weighted by atomic mass is 10.2. The lowest BCUT2D eigenvalue weighted by Crippen LogP contribution is -2.18. The molecule has 1 aromatic carbocycles. The highest BCUT2D eigenvalue weighted by Crippen LogP contribution is 2.29. The third-order valence-corrected chi connectivity index (χ3v) is 5.99. The molecule has 3 heterocycles. The van der Waals surface area contributed by atoms with Crippen LogP contribution in [0.4, 0.5) is 5.69 Å². The summed E-state index contributed by atoms with van der Waals surface area (Å²) < 4.78 is 18.9. The molecule has 1 aliphatic heterocycles. The Bertz CT molecular complexity index is 1030. The Labute approximate surface area is 185 Å². The maximum Gasteiger partial charge on any atom is 0.234 e. The molecular weight excluding hydrogens is 416 g/mol. The fourth-order valence-corrected chi connectivity index (χ4v) is 4.28. The van der Waals surface area contributed by atoms with Crippen LogP contribution >= 0.6 is 11.8 Å². The van der Waals surface area contributed by atoms with Crippen molar-refractivity contribution in [1.29, 1.82) is 0 Å². The minimum atomic E-state index is -0.134. The van der Waals surface area contributed by atoms with Crippen LogP contribution in [0.5, 0.6) is 5.75 Å². The van der Waals surface area contributed by atoms with E-state index < -0.39 is 0 Å². The lowest BCUT2D eigenvalue weighted by molar-refractivity contribution is -0.113. The summed E-state index contributed by atoms with van der Waals surface area (Å²) in [5.74, 6) is 2.23. The average molecular weight is 443 g/mol. The van der Waals surface area contributed by atoms with Gasteiger partial charge in [0.25, 0.3) is 0 Å².